The van der Waals surface area contributed by atoms with Gasteiger partial charge in [0.05, 0.1) is 0 Å². The molecule has 1 aromatic heterocycles. The molecular formula is C8H13ClF2N4O. The van der Waals surface area contributed by atoms with E-state index in [1.165, 1.54) is 12.3 Å². The van der Waals surface area contributed by atoms with E-state index in [0.717, 1.165) is 4.68 Å². The summed E-state index contributed by atoms with van der Waals surface area (Å²) in [5.74, 6) is -0.0195. The average molecular weight is 255 g/mol. The first kappa shape index (κ1) is 14.8. The van der Waals surface area contributed by atoms with Crippen LogP contribution in [-0.4, -0.2) is 28.7 Å². The van der Waals surface area contributed by atoms with Crippen LogP contribution in [0.15, 0.2) is 12.3 Å². The maximum atomic E-state index is 11.9. The second-order valence-electron chi connectivity index (χ2n) is 2.90. The van der Waals surface area contributed by atoms with E-state index in [9.17, 15) is 13.6 Å². The summed E-state index contributed by atoms with van der Waals surface area (Å²) in [6.07, 6.45) is -0.899. The molecule has 5 nitrogen and oxygen atoms in total. The molecular weight excluding hydrogens is 242 g/mol. The molecule has 0 radical (unpaired) electrons. The second-order valence-corrected chi connectivity index (χ2v) is 2.90. The molecule has 1 heterocycles. The fraction of sp³-hybridized carbons (Fsp3) is 0.500. The van der Waals surface area contributed by atoms with Gasteiger partial charge in [-0.3, -0.25) is 9.48 Å². The van der Waals surface area contributed by atoms with E-state index in [2.05, 4.69) is 10.4 Å². The van der Waals surface area contributed by atoms with Crippen LogP contribution in [0.5, 0.6) is 0 Å². The Morgan fingerprint density at radius 3 is 2.88 bits per heavy atom. The first-order valence-corrected chi connectivity index (χ1v) is 4.43. The van der Waals surface area contributed by atoms with E-state index in [1.54, 1.807) is 0 Å². The van der Waals surface area contributed by atoms with Gasteiger partial charge < -0.3 is 11.1 Å². The first-order valence-electron chi connectivity index (χ1n) is 4.43. The van der Waals surface area contributed by atoms with Crippen LogP contribution in [0.3, 0.4) is 0 Å². The number of nitrogens with zero attached hydrogens (tertiary/aromatic N) is 2. The Bertz CT molecular complexity index is 332. The van der Waals surface area contributed by atoms with Gasteiger partial charge in [-0.2, -0.15) is 5.10 Å². The highest BCUT2D eigenvalue weighted by Gasteiger charge is 2.07. The van der Waals surface area contributed by atoms with Crippen LogP contribution in [0, 0.1) is 0 Å². The highest BCUT2D eigenvalue weighted by Crippen LogP contribution is 2.05. The van der Waals surface area contributed by atoms with Crippen molar-refractivity contribution in [1.82, 2.24) is 9.78 Å². The van der Waals surface area contributed by atoms with Crippen molar-refractivity contribution in [2.75, 3.05) is 11.9 Å². The maximum absolute atomic E-state index is 11.9. The molecule has 1 aromatic rings. The number of hydrogen-bond acceptors (Lipinski definition) is 3. The fourth-order valence-corrected chi connectivity index (χ4v) is 1.01. The van der Waals surface area contributed by atoms with Crippen LogP contribution >= 0.6 is 12.4 Å². The largest absolute Gasteiger partial charge is 0.330 e. The quantitative estimate of drug-likeness (QED) is 0.818. The second kappa shape index (κ2) is 7.13. The van der Waals surface area contributed by atoms with Crippen LogP contribution in [0.4, 0.5) is 14.6 Å². The highest BCUT2D eigenvalue weighted by molar-refractivity contribution is 5.89. The Labute approximate surface area is 97.4 Å². The van der Waals surface area contributed by atoms with Crippen LogP contribution < -0.4 is 11.1 Å². The first-order chi connectivity index (χ1) is 7.11. The van der Waals surface area contributed by atoms with Crippen LogP contribution in [0.1, 0.15) is 6.42 Å². The number of nitrogens with two attached hydrogens (primary N) is 1. The zero-order valence-electron chi connectivity index (χ0n) is 8.40. The molecule has 1 rings (SSSR count). The van der Waals surface area contributed by atoms with Crippen molar-refractivity contribution in [3.63, 3.8) is 0 Å². The van der Waals surface area contributed by atoms with Gasteiger partial charge in [-0.15, -0.1) is 12.4 Å². The smallest absolute Gasteiger partial charge is 0.257 e. The van der Waals surface area contributed by atoms with Gasteiger partial charge in [0.25, 0.3) is 6.43 Å². The molecule has 0 saturated carbocycles. The SMILES string of the molecule is Cl.NCCC(=O)Nc1ccn(CC(F)F)n1. The molecule has 0 aliphatic carbocycles. The average Bonchev–Trinajstić information content (AvgIpc) is 2.51. The van der Waals surface area contributed by atoms with Gasteiger partial charge in [-0.25, -0.2) is 8.78 Å². The number of alkyl halides is 2. The molecule has 0 fully saturated rings. The zero-order valence-corrected chi connectivity index (χ0v) is 9.21. The Balaban J connectivity index is 0.00000225. The molecule has 92 valence electrons. The molecule has 0 atom stereocenters. The van der Waals surface area contributed by atoms with Crippen molar-refractivity contribution in [3.8, 4) is 0 Å². The van der Waals surface area contributed by atoms with Gasteiger partial charge in [0, 0.05) is 25.2 Å². The van der Waals surface area contributed by atoms with Crippen LogP contribution in [0.2, 0.25) is 0 Å². The van der Waals surface area contributed by atoms with Gasteiger partial charge in [-0.1, -0.05) is 0 Å². The van der Waals surface area contributed by atoms with Crippen molar-refractivity contribution in [2.45, 2.75) is 19.4 Å². The predicted octanol–water partition coefficient (Wildman–Crippen LogP) is 0.857. The van der Waals surface area contributed by atoms with E-state index in [-0.39, 0.29) is 37.1 Å². The summed E-state index contributed by atoms with van der Waals surface area (Å²) in [5, 5.41) is 6.18. The number of nitrogens with one attached hydrogen (secondary N) is 1. The van der Waals surface area contributed by atoms with Crippen molar-refractivity contribution in [1.29, 1.82) is 0 Å². The molecule has 0 spiro atoms. The predicted molar refractivity (Wildman–Crippen MR) is 57.8 cm³/mol. The zero-order chi connectivity index (χ0) is 11.3. The van der Waals surface area contributed by atoms with Gasteiger partial charge in [0.1, 0.15) is 6.54 Å². The number of carbonyl (C=O) groups excluding carboxylic acids is 1. The highest BCUT2D eigenvalue weighted by atomic mass is 35.5. The number of halogens is 3. The van der Waals surface area contributed by atoms with E-state index >= 15 is 0 Å². The molecule has 0 saturated heterocycles. The van der Waals surface area contributed by atoms with Crippen LogP contribution in [0.25, 0.3) is 0 Å². The van der Waals surface area contributed by atoms with Gasteiger partial charge in [-0.05, 0) is 0 Å². The Morgan fingerprint density at radius 1 is 1.62 bits per heavy atom. The van der Waals surface area contributed by atoms with E-state index in [4.69, 9.17) is 5.73 Å². The number of aromatic nitrogens is 2. The Hall–Kier alpha value is -1.21. The number of amides is 1. The summed E-state index contributed by atoms with van der Waals surface area (Å²) in [4.78, 5) is 11.1. The monoisotopic (exact) mass is 254 g/mol. The molecule has 1 amide bonds. The standard InChI is InChI=1S/C8H12F2N4O.ClH/c9-6(10)5-14-4-2-7(13-14)12-8(15)1-3-11;/h2,4,6H,1,3,5,11H2,(H,12,13,15);1H. The third kappa shape index (κ3) is 5.04. The molecule has 0 unspecified atom stereocenters. The lowest BCUT2D eigenvalue weighted by atomic mass is 10.4. The van der Waals surface area contributed by atoms with Crippen molar-refractivity contribution in [3.05, 3.63) is 12.3 Å². The van der Waals surface area contributed by atoms with Crippen molar-refractivity contribution in [2.24, 2.45) is 5.73 Å². The molecule has 16 heavy (non-hydrogen) atoms. The minimum Gasteiger partial charge on any atom is -0.330 e. The summed E-state index contributed by atoms with van der Waals surface area (Å²) in [6.45, 7) is -0.240. The summed E-state index contributed by atoms with van der Waals surface area (Å²) >= 11 is 0. The molecule has 3 N–H and O–H groups in total. The van der Waals surface area contributed by atoms with E-state index < -0.39 is 13.0 Å². The number of rotatable bonds is 5. The Kier molecular flexibility index (Phi) is 6.59. The molecule has 8 heteroatoms. The van der Waals surface area contributed by atoms with Gasteiger partial charge in [0.15, 0.2) is 5.82 Å². The maximum Gasteiger partial charge on any atom is 0.257 e. The van der Waals surface area contributed by atoms with Crippen LogP contribution in [-0.2, 0) is 11.3 Å². The molecule has 0 aliphatic rings. The van der Waals surface area contributed by atoms with Crippen molar-refractivity contribution < 1.29 is 13.6 Å². The normalized spacial score (nSPS) is 10.0. The van der Waals surface area contributed by atoms with E-state index in [1.807, 2.05) is 0 Å². The lowest BCUT2D eigenvalue weighted by Crippen LogP contribution is -2.17. The third-order valence-corrected chi connectivity index (χ3v) is 1.60. The van der Waals surface area contributed by atoms with E-state index in [0.29, 0.717) is 0 Å². The Morgan fingerprint density at radius 2 is 2.31 bits per heavy atom. The minimum absolute atomic E-state index is 0. The topological polar surface area (TPSA) is 72.9 Å². The summed E-state index contributed by atoms with van der Waals surface area (Å²) in [5.41, 5.74) is 5.17. The number of anilines is 1. The molecule has 0 bridgehead atoms. The summed E-state index contributed by atoms with van der Waals surface area (Å²) in [6, 6.07) is 1.46. The minimum atomic E-state index is -2.46. The third-order valence-electron chi connectivity index (χ3n) is 1.60. The van der Waals surface area contributed by atoms with Gasteiger partial charge in [0.2, 0.25) is 5.91 Å². The number of carbonyl (C=O) groups is 1. The summed E-state index contributed by atoms with van der Waals surface area (Å²) < 4.78 is 25.0. The van der Waals surface area contributed by atoms with Crippen molar-refractivity contribution >= 4 is 24.1 Å². The van der Waals surface area contributed by atoms with Gasteiger partial charge >= 0.3 is 0 Å². The molecule has 0 aliphatic heterocycles. The summed E-state index contributed by atoms with van der Waals surface area (Å²) in [7, 11) is 0. The lowest BCUT2D eigenvalue weighted by molar-refractivity contribution is -0.116. The molecule has 0 aromatic carbocycles. The lowest BCUT2D eigenvalue weighted by Gasteiger charge is -2.00. The number of hydrogen-bond donors (Lipinski definition) is 2. The fourth-order valence-electron chi connectivity index (χ4n) is 1.01.